The van der Waals surface area contributed by atoms with Crippen molar-refractivity contribution in [2.75, 3.05) is 18.4 Å². The van der Waals surface area contributed by atoms with Gasteiger partial charge in [0.2, 0.25) is 0 Å². The molecule has 0 saturated carbocycles. The van der Waals surface area contributed by atoms with E-state index in [4.69, 9.17) is 5.73 Å². The lowest BCUT2D eigenvalue weighted by Crippen LogP contribution is -1.99. The maximum absolute atomic E-state index is 5.41. The van der Waals surface area contributed by atoms with Gasteiger partial charge in [0.05, 0.1) is 0 Å². The van der Waals surface area contributed by atoms with E-state index >= 15 is 0 Å². The zero-order chi connectivity index (χ0) is 12.3. The molecular formula is C15H24N2. The van der Waals surface area contributed by atoms with Crippen molar-refractivity contribution in [1.29, 1.82) is 0 Å². The Kier molecular flexibility index (Phi) is 7.15. The van der Waals surface area contributed by atoms with Gasteiger partial charge >= 0.3 is 0 Å². The molecule has 0 spiro atoms. The lowest BCUT2D eigenvalue weighted by atomic mass is 10.1. The zero-order valence-corrected chi connectivity index (χ0v) is 10.8. The first-order valence-electron chi connectivity index (χ1n) is 6.54. The summed E-state index contributed by atoms with van der Waals surface area (Å²) in [5.74, 6) is 0. The van der Waals surface area contributed by atoms with Crippen LogP contribution < -0.4 is 11.1 Å². The molecule has 0 aromatic heterocycles. The predicted molar refractivity (Wildman–Crippen MR) is 76.4 cm³/mol. The number of nitrogens with one attached hydrogen (secondary N) is 1. The number of hydrogen-bond donors (Lipinski definition) is 2. The average Bonchev–Trinajstić information content (AvgIpc) is 2.37. The molecule has 94 valence electrons. The number of hydrogen-bond acceptors (Lipinski definition) is 2. The molecule has 2 nitrogen and oxygen atoms in total. The quantitative estimate of drug-likeness (QED) is 0.675. The van der Waals surface area contributed by atoms with E-state index in [2.05, 4.69) is 48.7 Å². The summed E-state index contributed by atoms with van der Waals surface area (Å²) < 4.78 is 0. The van der Waals surface area contributed by atoms with E-state index in [1.54, 1.807) is 0 Å². The van der Waals surface area contributed by atoms with Gasteiger partial charge in [0, 0.05) is 12.2 Å². The van der Waals surface area contributed by atoms with Gasteiger partial charge in [-0.05, 0) is 43.5 Å². The third-order valence-electron chi connectivity index (χ3n) is 2.70. The summed E-state index contributed by atoms with van der Waals surface area (Å²) in [6.45, 7) is 3.82. The van der Waals surface area contributed by atoms with Crippen molar-refractivity contribution in [1.82, 2.24) is 0 Å². The highest BCUT2D eigenvalue weighted by Gasteiger charge is 1.93. The predicted octanol–water partition coefficient (Wildman–Crippen LogP) is 3.35. The maximum atomic E-state index is 5.41. The highest BCUT2D eigenvalue weighted by Crippen LogP contribution is 2.11. The second-order valence-corrected chi connectivity index (χ2v) is 4.23. The molecular weight excluding hydrogens is 208 g/mol. The number of anilines is 1. The Morgan fingerprint density at radius 3 is 2.59 bits per heavy atom. The Bertz CT molecular complexity index is 314. The molecule has 0 amide bonds. The largest absolute Gasteiger partial charge is 0.382 e. The molecule has 0 radical (unpaired) electrons. The van der Waals surface area contributed by atoms with Crippen molar-refractivity contribution in [2.24, 2.45) is 5.73 Å². The minimum Gasteiger partial charge on any atom is -0.382 e. The first-order valence-corrected chi connectivity index (χ1v) is 6.54. The Hall–Kier alpha value is -1.28. The van der Waals surface area contributed by atoms with E-state index in [0.717, 1.165) is 19.5 Å². The molecule has 0 heterocycles. The highest BCUT2D eigenvalue weighted by atomic mass is 14.8. The third-order valence-corrected chi connectivity index (χ3v) is 2.70. The molecule has 17 heavy (non-hydrogen) atoms. The molecule has 0 aliphatic rings. The molecule has 0 bridgehead atoms. The summed E-state index contributed by atoms with van der Waals surface area (Å²) in [6, 6.07) is 8.73. The normalized spacial score (nSPS) is 10.9. The SMILES string of the molecule is CCCCc1ccc(NCC=CCCN)cc1. The van der Waals surface area contributed by atoms with Crippen molar-refractivity contribution >= 4 is 5.69 Å². The minimum atomic E-state index is 0.725. The molecule has 1 aromatic carbocycles. The highest BCUT2D eigenvalue weighted by molar-refractivity contribution is 5.45. The van der Waals surface area contributed by atoms with Gasteiger partial charge in [0.25, 0.3) is 0 Å². The van der Waals surface area contributed by atoms with Crippen molar-refractivity contribution < 1.29 is 0 Å². The first kappa shape index (κ1) is 13.8. The van der Waals surface area contributed by atoms with Gasteiger partial charge in [0.1, 0.15) is 0 Å². The van der Waals surface area contributed by atoms with Crippen LogP contribution in [0, 0.1) is 0 Å². The fourth-order valence-electron chi connectivity index (χ4n) is 1.64. The number of nitrogens with two attached hydrogens (primary N) is 1. The van der Waals surface area contributed by atoms with Crippen LogP contribution >= 0.6 is 0 Å². The average molecular weight is 232 g/mol. The Morgan fingerprint density at radius 1 is 1.18 bits per heavy atom. The smallest absolute Gasteiger partial charge is 0.0342 e. The molecule has 0 unspecified atom stereocenters. The number of unbranched alkanes of at least 4 members (excludes halogenated alkanes) is 1. The number of benzene rings is 1. The molecule has 0 aliphatic heterocycles. The maximum Gasteiger partial charge on any atom is 0.0342 e. The van der Waals surface area contributed by atoms with E-state index in [0.29, 0.717) is 0 Å². The standard InChI is InChI=1S/C15H24N2/c1-2-3-7-14-8-10-15(11-9-14)17-13-6-4-5-12-16/h4,6,8-11,17H,2-3,5,7,12-13,16H2,1H3. The third kappa shape index (κ3) is 6.12. The van der Waals surface area contributed by atoms with Crippen LogP contribution in [-0.4, -0.2) is 13.1 Å². The van der Waals surface area contributed by atoms with Crippen molar-refractivity contribution in [2.45, 2.75) is 32.6 Å². The molecule has 1 rings (SSSR count). The van der Waals surface area contributed by atoms with Crippen LogP contribution in [0.2, 0.25) is 0 Å². The van der Waals surface area contributed by atoms with E-state index in [1.807, 2.05) is 0 Å². The zero-order valence-electron chi connectivity index (χ0n) is 10.8. The summed E-state index contributed by atoms with van der Waals surface area (Å²) in [4.78, 5) is 0. The molecule has 0 saturated heterocycles. The lowest BCUT2D eigenvalue weighted by Gasteiger charge is -2.05. The van der Waals surface area contributed by atoms with Gasteiger partial charge in [-0.15, -0.1) is 0 Å². The molecule has 3 N–H and O–H groups in total. The van der Waals surface area contributed by atoms with Crippen LogP contribution in [0.3, 0.4) is 0 Å². The van der Waals surface area contributed by atoms with Crippen LogP contribution in [0.4, 0.5) is 5.69 Å². The van der Waals surface area contributed by atoms with Crippen LogP contribution in [0.25, 0.3) is 0 Å². The van der Waals surface area contributed by atoms with Gasteiger partial charge < -0.3 is 11.1 Å². The monoisotopic (exact) mass is 232 g/mol. The first-order chi connectivity index (χ1) is 8.36. The number of aryl methyl sites for hydroxylation is 1. The van der Waals surface area contributed by atoms with Crippen LogP contribution in [0.5, 0.6) is 0 Å². The van der Waals surface area contributed by atoms with E-state index in [-0.39, 0.29) is 0 Å². The van der Waals surface area contributed by atoms with Crippen LogP contribution in [-0.2, 0) is 6.42 Å². The van der Waals surface area contributed by atoms with Gasteiger partial charge in [0.15, 0.2) is 0 Å². The Morgan fingerprint density at radius 2 is 1.94 bits per heavy atom. The topological polar surface area (TPSA) is 38.0 Å². The second kappa shape index (κ2) is 8.82. The van der Waals surface area contributed by atoms with E-state index in [9.17, 15) is 0 Å². The fourth-order valence-corrected chi connectivity index (χ4v) is 1.64. The summed E-state index contributed by atoms with van der Waals surface area (Å²) >= 11 is 0. The van der Waals surface area contributed by atoms with Crippen molar-refractivity contribution in [3.05, 3.63) is 42.0 Å². The van der Waals surface area contributed by atoms with Gasteiger partial charge in [-0.25, -0.2) is 0 Å². The Labute approximate surface area is 105 Å². The van der Waals surface area contributed by atoms with Gasteiger partial charge in [-0.1, -0.05) is 37.6 Å². The molecule has 1 aromatic rings. The Balaban J connectivity index is 2.30. The lowest BCUT2D eigenvalue weighted by molar-refractivity contribution is 0.795. The van der Waals surface area contributed by atoms with Gasteiger partial charge in [-0.2, -0.15) is 0 Å². The molecule has 0 aliphatic carbocycles. The number of rotatable bonds is 8. The van der Waals surface area contributed by atoms with Crippen molar-refractivity contribution in [3.8, 4) is 0 Å². The summed E-state index contributed by atoms with van der Waals surface area (Å²) in [7, 11) is 0. The summed E-state index contributed by atoms with van der Waals surface area (Å²) in [6.07, 6.45) is 8.91. The van der Waals surface area contributed by atoms with Crippen molar-refractivity contribution in [3.63, 3.8) is 0 Å². The molecule has 0 fully saturated rings. The van der Waals surface area contributed by atoms with E-state index < -0.39 is 0 Å². The van der Waals surface area contributed by atoms with Crippen LogP contribution in [0.1, 0.15) is 31.7 Å². The van der Waals surface area contributed by atoms with Gasteiger partial charge in [-0.3, -0.25) is 0 Å². The minimum absolute atomic E-state index is 0.725. The molecule has 2 heteroatoms. The summed E-state index contributed by atoms with van der Waals surface area (Å²) in [5.41, 5.74) is 8.02. The van der Waals surface area contributed by atoms with E-state index in [1.165, 1.54) is 30.5 Å². The molecule has 0 atom stereocenters. The summed E-state index contributed by atoms with van der Waals surface area (Å²) in [5, 5.41) is 3.36. The fraction of sp³-hybridized carbons (Fsp3) is 0.467. The second-order valence-electron chi connectivity index (χ2n) is 4.23. The van der Waals surface area contributed by atoms with Crippen LogP contribution in [0.15, 0.2) is 36.4 Å².